The largest absolute Gasteiger partial charge is 0.325 e. The molecule has 25 heavy (non-hydrogen) atoms. The second kappa shape index (κ2) is 7.97. The molecule has 0 heterocycles. The van der Waals surface area contributed by atoms with Gasteiger partial charge in [-0.15, -0.1) is 0 Å². The van der Waals surface area contributed by atoms with Gasteiger partial charge in [-0.2, -0.15) is 0 Å². The van der Waals surface area contributed by atoms with Crippen molar-refractivity contribution in [2.75, 3.05) is 10.6 Å². The molecular weight excluding hydrogens is 312 g/mol. The molecule has 0 spiro atoms. The number of rotatable bonds is 6. The zero-order chi connectivity index (χ0) is 18.4. The van der Waals surface area contributed by atoms with Gasteiger partial charge in [-0.3, -0.25) is 9.59 Å². The molecule has 4 heteroatoms. The third kappa shape index (κ3) is 4.27. The second-order valence-electron chi connectivity index (χ2n) is 6.43. The normalized spacial score (nSPS) is 11.0. The van der Waals surface area contributed by atoms with E-state index in [2.05, 4.69) is 10.6 Å². The number of anilines is 2. The van der Waals surface area contributed by atoms with Gasteiger partial charge in [-0.1, -0.05) is 49.2 Å². The highest BCUT2D eigenvalue weighted by Gasteiger charge is 2.42. The minimum absolute atomic E-state index is 0.272. The third-order valence-electron chi connectivity index (χ3n) is 4.70. The van der Waals surface area contributed by atoms with Crippen molar-refractivity contribution < 1.29 is 9.59 Å². The quantitative estimate of drug-likeness (QED) is 0.751. The molecule has 0 aliphatic rings. The molecule has 0 bridgehead atoms. The Morgan fingerprint density at radius 3 is 1.32 bits per heavy atom. The molecule has 2 aromatic rings. The Kier molecular flexibility index (Phi) is 5.97. The summed E-state index contributed by atoms with van der Waals surface area (Å²) in [7, 11) is 0. The summed E-state index contributed by atoms with van der Waals surface area (Å²) in [4.78, 5) is 25.8. The van der Waals surface area contributed by atoms with Gasteiger partial charge in [-0.05, 0) is 51.0 Å². The number of amides is 2. The predicted octanol–water partition coefficient (Wildman–Crippen LogP) is 4.69. The van der Waals surface area contributed by atoms with Crippen molar-refractivity contribution in [3.8, 4) is 0 Å². The van der Waals surface area contributed by atoms with Crippen LogP contribution in [0.3, 0.4) is 0 Å². The highest BCUT2D eigenvalue weighted by atomic mass is 16.2. The van der Waals surface area contributed by atoms with Gasteiger partial charge in [0, 0.05) is 11.4 Å². The fourth-order valence-electron chi connectivity index (χ4n) is 2.77. The molecule has 4 nitrogen and oxygen atoms in total. The number of carbonyl (C=O) groups excluding carboxylic acids is 2. The Morgan fingerprint density at radius 1 is 0.720 bits per heavy atom. The second-order valence-corrected chi connectivity index (χ2v) is 6.43. The highest BCUT2D eigenvalue weighted by Crippen LogP contribution is 2.30. The first-order chi connectivity index (χ1) is 11.9. The summed E-state index contributed by atoms with van der Waals surface area (Å²) in [6.07, 6.45) is 0.859. The van der Waals surface area contributed by atoms with E-state index < -0.39 is 5.41 Å². The first-order valence-electron chi connectivity index (χ1n) is 8.67. The summed E-state index contributed by atoms with van der Waals surface area (Å²) in [5.41, 5.74) is 2.53. The number of aryl methyl sites for hydroxylation is 2. The minimum atomic E-state index is -1.10. The van der Waals surface area contributed by atoms with Crippen molar-refractivity contribution in [3.63, 3.8) is 0 Å². The summed E-state index contributed by atoms with van der Waals surface area (Å²) < 4.78 is 0. The molecular formula is C21H26N2O2. The molecule has 0 unspecified atom stereocenters. The average Bonchev–Trinajstić information content (AvgIpc) is 2.60. The van der Waals surface area contributed by atoms with Gasteiger partial charge in [0.2, 0.25) is 11.8 Å². The number of hydrogen-bond acceptors (Lipinski definition) is 2. The lowest BCUT2D eigenvalue weighted by molar-refractivity contribution is -0.137. The Balaban J connectivity index is 2.20. The van der Waals surface area contributed by atoms with Crippen LogP contribution in [-0.2, 0) is 9.59 Å². The molecule has 2 rings (SSSR count). The first-order valence-corrected chi connectivity index (χ1v) is 8.67. The molecule has 2 amide bonds. The number of nitrogens with one attached hydrogen (secondary N) is 2. The fraction of sp³-hybridized carbons (Fsp3) is 0.333. The topological polar surface area (TPSA) is 58.2 Å². The number of benzene rings is 2. The first kappa shape index (κ1) is 18.7. The van der Waals surface area contributed by atoms with Gasteiger partial charge in [0.1, 0.15) is 5.41 Å². The van der Waals surface area contributed by atoms with Crippen LogP contribution in [0.1, 0.15) is 37.8 Å². The maximum absolute atomic E-state index is 12.9. The van der Waals surface area contributed by atoms with E-state index in [1.54, 1.807) is 0 Å². The Bertz CT molecular complexity index is 668. The van der Waals surface area contributed by atoms with E-state index in [-0.39, 0.29) is 11.8 Å². The maximum atomic E-state index is 12.9. The molecule has 0 aliphatic heterocycles. The van der Waals surface area contributed by atoms with E-state index in [4.69, 9.17) is 0 Å². The van der Waals surface area contributed by atoms with Gasteiger partial charge >= 0.3 is 0 Å². The third-order valence-corrected chi connectivity index (χ3v) is 4.70. The Morgan fingerprint density at radius 2 is 1.04 bits per heavy atom. The van der Waals surface area contributed by atoms with E-state index in [9.17, 15) is 9.59 Å². The molecule has 0 aliphatic carbocycles. The molecule has 0 saturated carbocycles. The van der Waals surface area contributed by atoms with E-state index >= 15 is 0 Å². The lowest BCUT2D eigenvalue weighted by atomic mass is 9.80. The SMILES string of the molecule is CCC(CC)(C(=O)Nc1ccc(C)cc1)C(=O)Nc1ccc(C)cc1. The van der Waals surface area contributed by atoms with E-state index in [1.807, 2.05) is 76.2 Å². The summed E-state index contributed by atoms with van der Waals surface area (Å²) in [6, 6.07) is 15.1. The van der Waals surface area contributed by atoms with Gasteiger partial charge in [0.05, 0.1) is 0 Å². The van der Waals surface area contributed by atoms with Crippen LogP contribution in [0.15, 0.2) is 48.5 Å². The minimum Gasteiger partial charge on any atom is -0.325 e. The number of hydrogen-bond donors (Lipinski definition) is 2. The van der Waals surface area contributed by atoms with Crippen molar-refractivity contribution in [1.29, 1.82) is 0 Å². The van der Waals surface area contributed by atoms with Gasteiger partial charge in [0.15, 0.2) is 0 Å². The molecule has 0 saturated heterocycles. The molecule has 2 aromatic carbocycles. The van der Waals surface area contributed by atoms with Crippen LogP contribution in [0.4, 0.5) is 11.4 Å². The maximum Gasteiger partial charge on any atom is 0.240 e. The Labute approximate surface area is 149 Å². The van der Waals surface area contributed by atoms with Crippen molar-refractivity contribution in [3.05, 3.63) is 59.7 Å². The zero-order valence-corrected chi connectivity index (χ0v) is 15.3. The lowest BCUT2D eigenvalue weighted by Gasteiger charge is -2.29. The fourth-order valence-corrected chi connectivity index (χ4v) is 2.77. The highest BCUT2D eigenvalue weighted by molar-refractivity contribution is 6.14. The number of carbonyl (C=O) groups is 2. The monoisotopic (exact) mass is 338 g/mol. The molecule has 132 valence electrons. The van der Waals surface area contributed by atoms with Crippen LogP contribution in [0, 0.1) is 19.3 Å². The average molecular weight is 338 g/mol. The van der Waals surface area contributed by atoms with Crippen molar-refractivity contribution in [2.24, 2.45) is 5.41 Å². The van der Waals surface area contributed by atoms with Crippen LogP contribution < -0.4 is 10.6 Å². The predicted molar refractivity (Wildman–Crippen MR) is 103 cm³/mol. The van der Waals surface area contributed by atoms with Crippen molar-refractivity contribution in [1.82, 2.24) is 0 Å². The Hall–Kier alpha value is -2.62. The van der Waals surface area contributed by atoms with Crippen LogP contribution in [-0.4, -0.2) is 11.8 Å². The molecule has 0 aromatic heterocycles. The molecule has 0 fully saturated rings. The summed E-state index contributed by atoms with van der Waals surface area (Å²) in [5.74, 6) is -0.545. The van der Waals surface area contributed by atoms with E-state index in [1.165, 1.54) is 0 Å². The van der Waals surface area contributed by atoms with Crippen molar-refractivity contribution in [2.45, 2.75) is 40.5 Å². The van der Waals surface area contributed by atoms with Gasteiger partial charge < -0.3 is 10.6 Å². The van der Waals surface area contributed by atoms with Crippen LogP contribution in [0.2, 0.25) is 0 Å². The molecule has 0 radical (unpaired) electrons. The van der Waals surface area contributed by atoms with Crippen molar-refractivity contribution >= 4 is 23.2 Å². The van der Waals surface area contributed by atoms with Gasteiger partial charge in [-0.25, -0.2) is 0 Å². The van der Waals surface area contributed by atoms with E-state index in [0.29, 0.717) is 24.2 Å². The standard InChI is InChI=1S/C21H26N2O2/c1-5-21(6-2,19(24)22-17-11-7-15(3)8-12-17)20(25)23-18-13-9-16(4)10-14-18/h7-14H,5-6H2,1-4H3,(H,22,24)(H,23,25). The smallest absolute Gasteiger partial charge is 0.240 e. The lowest BCUT2D eigenvalue weighted by Crippen LogP contribution is -2.45. The van der Waals surface area contributed by atoms with Gasteiger partial charge in [0.25, 0.3) is 0 Å². The molecule has 2 N–H and O–H groups in total. The summed E-state index contributed by atoms with van der Waals surface area (Å²) in [5, 5.41) is 5.78. The van der Waals surface area contributed by atoms with E-state index in [0.717, 1.165) is 11.1 Å². The summed E-state index contributed by atoms with van der Waals surface area (Å²) >= 11 is 0. The van der Waals surface area contributed by atoms with Crippen LogP contribution in [0.5, 0.6) is 0 Å². The van der Waals surface area contributed by atoms with Crippen LogP contribution in [0.25, 0.3) is 0 Å². The molecule has 0 atom stereocenters. The summed E-state index contributed by atoms with van der Waals surface area (Å²) in [6.45, 7) is 7.71. The zero-order valence-electron chi connectivity index (χ0n) is 15.3. The van der Waals surface area contributed by atoms with Crippen LogP contribution >= 0.6 is 0 Å².